The molecule has 0 saturated heterocycles. The van der Waals surface area contributed by atoms with E-state index in [0.29, 0.717) is 5.92 Å². The molecule has 2 aromatic carbocycles. The topological polar surface area (TPSA) is 14.2 Å². The zero-order valence-corrected chi connectivity index (χ0v) is 14.8. The minimum Gasteiger partial charge on any atom is -0.406 e. The molecule has 26 heavy (non-hydrogen) atoms. The summed E-state index contributed by atoms with van der Waals surface area (Å²) in [6.07, 6.45) is -4.68. The molecule has 5 heteroatoms. The molecule has 0 amide bonds. The van der Waals surface area contributed by atoms with Crippen molar-refractivity contribution in [1.82, 2.24) is 4.57 Å². The van der Waals surface area contributed by atoms with Crippen LogP contribution in [-0.4, -0.2) is 10.9 Å². The van der Waals surface area contributed by atoms with Crippen LogP contribution < -0.4 is 4.74 Å². The van der Waals surface area contributed by atoms with Gasteiger partial charge in [-0.25, -0.2) is 0 Å². The molecule has 3 aromatic rings. The molecule has 0 aliphatic carbocycles. The van der Waals surface area contributed by atoms with Crippen molar-refractivity contribution in [1.29, 1.82) is 0 Å². The average molecular weight is 359 g/mol. The van der Waals surface area contributed by atoms with E-state index in [1.807, 2.05) is 19.1 Å². The molecule has 0 aliphatic rings. The predicted molar refractivity (Wildman–Crippen MR) is 96.7 cm³/mol. The van der Waals surface area contributed by atoms with E-state index in [2.05, 4.69) is 47.4 Å². The van der Waals surface area contributed by atoms with Gasteiger partial charge in [0.15, 0.2) is 0 Å². The summed E-state index contributed by atoms with van der Waals surface area (Å²) in [6.45, 7) is 6.29. The summed E-state index contributed by atoms with van der Waals surface area (Å²) in [6, 6.07) is 18.2. The van der Waals surface area contributed by atoms with Gasteiger partial charge in [-0.05, 0) is 72.5 Å². The average Bonchev–Trinajstić information content (AvgIpc) is 2.96. The fraction of sp³-hybridized carbons (Fsp3) is 0.238. The smallest absolute Gasteiger partial charge is 0.406 e. The summed E-state index contributed by atoms with van der Waals surface area (Å²) in [5.41, 5.74) is 5.06. The van der Waals surface area contributed by atoms with Crippen molar-refractivity contribution in [2.45, 2.75) is 33.1 Å². The number of nitrogens with zero attached hydrogens (tertiary/aromatic N) is 1. The quantitative estimate of drug-likeness (QED) is 0.520. The number of benzene rings is 2. The SMILES string of the molecule is Cc1ccc(-c2ccc(OC(F)(F)F)cc2)n1-c1ccc(C(C)C)cc1. The second-order valence-corrected chi connectivity index (χ2v) is 6.51. The Balaban J connectivity index is 1.95. The van der Waals surface area contributed by atoms with Gasteiger partial charge in [0.05, 0.1) is 5.69 Å². The summed E-state index contributed by atoms with van der Waals surface area (Å²) < 4.78 is 43.0. The van der Waals surface area contributed by atoms with Crippen LogP contribution in [0, 0.1) is 6.92 Å². The van der Waals surface area contributed by atoms with Crippen molar-refractivity contribution in [2.75, 3.05) is 0 Å². The first kappa shape index (κ1) is 18.1. The lowest BCUT2D eigenvalue weighted by Gasteiger charge is -2.14. The molecule has 0 atom stereocenters. The van der Waals surface area contributed by atoms with Crippen molar-refractivity contribution in [3.05, 3.63) is 71.9 Å². The molecule has 0 N–H and O–H groups in total. The van der Waals surface area contributed by atoms with Crippen molar-refractivity contribution in [3.63, 3.8) is 0 Å². The summed E-state index contributed by atoms with van der Waals surface area (Å²) >= 11 is 0. The van der Waals surface area contributed by atoms with Crippen LogP contribution in [0.4, 0.5) is 13.2 Å². The summed E-state index contributed by atoms with van der Waals surface area (Å²) in [4.78, 5) is 0. The molecule has 0 bridgehead atoms. The van der Waals surface area contributed by atoms with Crippen LogP contribution in [0.3, 0.4) is 0 Å². The molecular weight excluding hydrogens is 339 g/mol. The van der Waals surface area contributed by atoms with E-state index < -0.39 is 6.36 Å². The van der Waals surface area contributed by atoms with E-state index in [0.717, 1.165) is 22.6 Å². The van der Waals surface area contributed by atoms with Crippen LogP contribution in [-0.2, 0) is 0 Å². The number of aromatic nitrogens is 1. The largest absolute Gasteiger partial charge is 0.573 e. The van der Waals surface area contributed by atoms with Gasteiger partial charge in [-0.15, -0.1) is 13.2 Å². The van der Waals surface area contributed by atoms with Crippen LogP contribution in [0.15, 0.2) is 60.7 Å². The monoisotopic (exact) mass is 359 g/mol. The highest BCUT2D eigenvalue weighted by Crippen LogP contribution is 2.30. The third-order valence-electron chi connectivity index (χ3n) is 4.28. The molecule has 3 rings (SSSR count). The van der Waals surface area contributed by atoms with Crippen LogP contribution in [0.2, 0.25) is 0 Å². The van der Waals surface area contributed by atoms with Crippen molar-refractivity contribution < 1.29 is 17.9 Å². The fourth-order valence-electron chi connectivity index (χ4n) is 2.94. The van der Waals surface area contributed by atoms with Gasteiger partial charge in [-0.2, -0.15) is 0 Å². The summed E-state index contributed by atoms with van der Waals surface area (Å²) in [5.74, 6) is 0.229. The van der Waals surface area contributed by atoms with Gasteiger partial charge in [-0.3, -0.25) is 0 Å². The third kappa shape index (κ3) is 3.93. The maximum atomic E-state index is 12.3. The first-order valence-corrected chi connectivity index (χ1v) is 8.39. The number of aryl methyl sites for hydroxylation is 1. The summed E-state index contributed by atoms with van der Waals surface area (Å²) in [7, 11) is 0. The van der Waals surface area contributed by atoms with Crippen molar-refractivity contribution in [2.24, 2.45) is 0 Å². The Morgan fingerprint density at radius 2 is 1.46 bits per heavy atom. The molecule has 136 valence electrons. The Labute approximate surface area is 150 Å². The molecule has 0 aliphatic heterocycles. The third-order valence-corrected chi connectivity index (χ3v) is 4.28. The Hall–Kier alpha value is -2.69. The number of alkyl halides is 3. The van der Waals surface area contributed by atoms with Crippen LogP contribution >= 0.6 is 0 Å². The molecule has 2 nitrogen and oxygen atoms in total. The van der Waals surface area contributed by atoms with E-state index in [-0.39, 0.29) is 5.75 Å². The van der Waals surface area contributed by atoms with Gasteiger partial charge in [0, 0.05) is 11.4 Å². The molecule has 0 fully saturated rings. The van der Waals surface area contributed by atoms with E-state index in [4.69, 9.17) is 0 Å². The van der Waals surface area contributed by atoms with Crippen LogP contribution in [0.1, 0.15) is 31.0 Å². The van der Waals surface area contributed by atoms with Crippen LogP contribution in [0.5, 0.6) is 5.75 Å². The fourth-order valence-corrected chi connectivity index (χ4v) is 2.94. The first-order valence-electron chi connectivity index (χ1n) is 8.39. The van der Waals surface area contributed by atoms with E-state index in [1.165, 1.54) is 17.7 Å². The first-order chi connectivity index (χ1) is 12.2. The van der Waals surface area contributed by atoms with Crippen molar-refractivity contribution >= 4 is 0 Å². The van der Waals surface area contributed by atoms with Gasteiger partial charge in [0.25, 0.3) is 0 Å². The molecule has 0 unspecified atom stereocenters. The lowest BCUT2D eigenvalue weighted by molar-refractivity contribution is -0.274. The maximum Gasteiger partial charge on any atom is 0.573 e. The van der Waals surface area contributed by atoms with Crippen LogP contribution in [0.25, 0.3) is 16.9 Å². The van der Waals surface area contributed by atoms with Gasteiger partial charge in [-0.1, -0.05) is 26.0 Å². The minimum absolute atomic E-state index is 0.225. The number of rotatable bonds is 4. The normalized spacial score (nSPS) is 11.8. The zero-order valence-electron chi connectivity index (χ0n) is 14.8. The maximum absolute atomic E-state index is 12.3. The predicted octanol–water partition coefficient (Wildman–Crippen LogP) is 6.47. The zero-order chi connectivity index (χ0) is 18.9. The van der Waals surface area contributed by atoms with Gasteiger partial charge < -0.3 is 9.30 Å². The lowest BCUT2D eigenvalue weighted by atomic mass is 10.0. The highest BCUT2D eigenvalue weighted by molar-refractivity contribution is 5.65. The van der Waals surface area contributed by atoms with Gasteiger partial charge in [0.2, 0.25) is 0 Å². The highest BCUT2D eigenvalue weighted by Gasteiger charge is 2.31. The minimum atomic E-state index is -4.68. The van der Waals surface area contributed by atoms with Crippen molar-refractivity contribution in [3.8, 4) is 22.7 Å². The second-order valence-electron chi connectivity index (χ2n) is 6.51. The number of hydrogen-bond donors (Lipinski definition) is 0. The lowest BCUT2D eigenvalue weighted by Crippen LogP contribution is -2.16. The molecule has 0 spiro atoms. The Morgan fingerprint density at radius 1 is 0.846 bits per heavy atom. The molecule has 0 saturated carbocycles. The molecule has 0 radical (unpaired) electrons. The highest BCUT2D eigenvalue weighted by atomic mass is 19.4. The Morgan fingerprint density at radius 3 is 2.00 bits per heavy atom. The number of ether oxygens (including phenoxy) is 1. The van der Waals surface area contributed by atoms with E-state index >= 15 is 0 Å². The number of hydrogen-bond acceptors (Lipinski definition) is 1. The van der Waals surface area contributed by atoms with E-state index in [9.17, 15) is 13.2 Å². The Bertz CT molecular complexity index is 875. The van der Waals surface area contributed by atoms with E-state index in [1.54, 1.807) is 12.1 Å². The molecule has 1 aromatic heterocycles. The summed E-state index contributed by atoms with van der Waals surface area (Å²) in [5, 5.41) is 0. The second kappa shape index (κ2) is 6.90. The van der Waals surface area contributed by atoms with Gasteiger partial charge >= 0.3 is 6.36 Å². The van der Waals surface area contributed by atoms with Gasteiger partial charge in [0.1, 0.15) is 5.75 Å². The molecular formula is C21H20F3NO. The Kier molecular flexibility index (Phi) is 4.81. The standard InChI is InChI=1S/C21H20F3NO/c1-14(2)16-5-9-18(10-6-16)25-15(3)4-13-20(25)17-7-11-19(12-8-17)26-21(22,23)24/h4-14H,1-3H3. The molecule has 1 heterocycles. The number of halogens is 3.